The second-order valence-electron chi connectivity index (χ2n) is 0.298. The predicted octanol–water partition coefficient (Wildman–Crippen LogP) is -2.37. The van der Waals surface area contributed by atoms with E-state index in [0.29, 0.717) is 0 Å². The summed E-state index contributed by atoms with van der Waals surface area (Å²) in [6.45, 7) is 0. The van der Waals surface area contributed by atoms with E-state index in [4.69, 9.17) is 40.5 Å². The zero-order chi connectivity index (χ0) is 10.8. The molecular weight excluding hydrogens is 218 g/mol. The van der Waals surface area contributed by atoms with E-state index in [1.54, 1.807) is 0 Å². The first-order valence-corrected chi connectivity index (χ1v) is 1.46. The molecule has 0 aromatic rings. The Hall–Kier alpha value is -1.27. The standard InChI is InChI=1S/Al.Li.4HNO2/c;;4*2-1-3/h;;4*(H,2,3)/q+3;+1;;;;/p-4. The summed E-state index contributed by atoms with van der Waals surface area (Å²) in [7, 11) is 0. The molecule has 0 heterocycles. The largest absolute Gasteiger partial charge is 3.00 e. The van der Waals surface area contributed by atoms with Crippen LogP contribution in [0, 0.1) is 40.5 Å². The first-order valence-electron chi connectivity index (χ1n) is 1.46. The van der Waals surface area contributed by atoms with Gasteiger partial charge in [-0.1, -0.05) is 0 Å². The predicted molar refractivity (Wildman–Crippen MR) is 42.4 cm³/mol. The van der Waals surface area contributed by atoms with E-state index in [1.807, 2.05) is 0 Å². The molecule has 0 aromatic carbocycles. The Morgan fingerprint density at radius 3 is 0.571 bits per heavy atom. The summed E-state index contributed by atoms with van der Waals surface area (Å²) in [4.78, 5) is 32.0. The fourth-order valence-corrected chi connectivity index (χ4v) is 0. The maximum atomic E-state index is 8.00. The molecule has 14 heavy (non-hydrogen) atoms. The maximum absolute atomic E-state index is 8.00. The van der Waals surface area contributed by atoms with Gasteiger partial charge in [-0.25, -0.2) is 0 Å². The van der Waals surface area contributed by atoms with E-state index >= 15 is 0 Å². The molecule has 0 saturated heterocycles. The third kappa shape index (κ3) is 630. The molecule has 0 aromatic heterocycles. The van der Waals surface area contributed by atoms with E-state index in [0.717, 1.165) is 21.4 Å². The van der Waals surface area contributed by atoms with Crippen LogP contribution in [0.4, 0.5) is 0 Å². The third-order valence-corrected chi connectivity index (χ3v) is 0. The fraction of sp³-hybridized carbons (Fsp3) is 0. The topological polar surface area (TPSA) is 210 Å². The van der Waals surface area contributed by atoms with Crippen molar-refractivity contribution in [2.45, 2.75) is 0 Å². The van der Waals surface area contributed by atoms with Crippen LogP contribution in [0.5, 0.6) is 0 Å². The fourth-order valence-electron chi connectivity index (χ4n) is 0. The zero-order valence-electron chi connectivity index (χ0n) is 6.63. The van der Waals surface area contributed by atoms with Crippen molar-refractivity contribution in [1.82, 2.24) is 0 Å². The molecule has 0 N–H and O–H groups in total. The van der Waals surface area contributed by atoms with Gasteiger partial charge in [0.05, 0.1) is 0 Å². The van der Waals surface area contributed by atoms with E-state index < -0.39 is 0 Å². The van der Waals surface area contributed by atoms with Crippen molar-refractivity contribution in [3.8, 4) is 0 Å². The summed E-state index contributed by atoms with van der Waals surface area (Å²) in [6.07, 6.45) is 0. The summed E-state index contributed by atoms with van der Waals surface area (Å²) in [5, 5.41) is 36.0. The number of nitrogens with zero attached hydrogens (tertiary/aromatic N) is 4. The Balaban J connectivity index is -0.0000000145. The Kier molecular flexibility index (Phi) is 501. The first kappa shape index (κ1) is 38.7. The van der Waals surface area contributed by atoms with E-state index in [1.165, 1.54) is 0 Å². The average Bonchev–Trinajstić information content (AvgIpc) is 1.92. The van der Waals surface area contributed by atoms with Gasteiger partial charge in [0.2, 0.25) is 0 Å². The van der Waals surface area contributed by atoms with Crippen LogP contribution in [0.2, 0.25) is 0 Å². The number of rotatable bonds is 0. The Morgan fingerprint density at radius 2 is 0.571 bits per heavy atom. The molecule has 0 atom stereocenters. The van der Waals surface area contributed by atoms with Gasteiger partial charge >= 0.3 is 36.2 Å². The minimum Gasteiger partial charge on any atom is -0.444 e. The van der Waals surface area contributed by atoms with Crippen molar-refractivity contribution in [2.75, 3.05) is 0 Å². The van der Waals surface area contributed by atoms with Crippen molar-refractivity contribution in [3.63, 3.8) is 0 Å². The molecule has 0 aliphatic rings. The summed E-state index contributed by atoms with van der Waals surface area (Å²) < 4.78 is 0. The minimum atomic E-state index is 0. The third-order valence-electron chi connectivity index (χ3n) is 0. The second-order valence-corrected chi connectivity index (χ2v) is 0.298. The van der Waals surface area contributed by atoms with Crippen LogP contribution in [0.1, 0.15) is 0 Å². The molecule has 12 nitrogen and oxygen atoms in total. The Morgan fingerprint density at radius 1 is 0.571 bits per heavy atom. The summed E-state index contributed by atoms with van der Waals surface area (Å²) >= 11 is 0. The zero-order valence-corrected chi connectivity index (χ0v) is 7.79. The van der Waals surface area contributed by atoms with Gasteiger partial charge in [0, 0.05) is 0 Å². The van der Waals surface area contributed by atoms with Gasteiger partial charge in [0.25, 0.3) is 0 Å². The SMILES string of the molecule is O=N[O-].O=N[O-].O=N[O-].O=N[O-].[Al+3].[Li+]. The van der Waals surface area contributed by atoms with Crippen molar-refractivity contribution < 1.29 is 18.9 Å². The van der Waals surface area contributed by atoms with E-state index in [9.17, 15) is 0 Å². The molecule has 0 amide bonds. The Bertz CT molecular complexity index is 75.3. The van der Waals surface area contributed by atoms with Crippen LogP contribution in [-0.4, -0.2) is 17.4 Å². The smallest absolute Gasteiger partial charge is 0.444 e. The average molecular weight is 218 g/mol. The first-order chi connectivity index (χ1) is 5.66. The quantitative estimate of drug-likeness (QED) is 0.242. The van der Waals surface area contributed by atoms with E-state index in [-0.39, 0.29) is 36.2 Å². The van der Waals surface area contributed by atoms with Crippen molar-refractivity contribution in [1.29, 1.82) is 0 Å². The molecule has 0 saturated carbocycles. The molecule has 0 aliphatic heterocycles. The van der Waals surface area contributed by atoms with Gasteiger partial charge < -0.3 is 40.5 Å². The van der Waals surface area contributed by atoms with Gasteiger partial charge in [-0.3, -0.25) is 0 Å². The molecule has 0 aliphatic carbocycles. The number of hydrogen-bond donors (Lipinski definition) is 0. The molecule has 0 radical (unpaired) electrons. The van der Waals surface area contributed by atoms with Gasteiger partial charge in [-0.2, -0.15) is 0 Å². The van der Waals surface area contributed by atoms with Crippen LogP contribution in [0.25, 0.3) is 0 Å². The molecule has 0 unspecified atom stereocenters. The summed E-state index contributed by atoms with van der Waals surface area (Å²) in [6, 6.07) is 0. The monoisotopic (exact) mass is 218 g/mol. The summed E-state index contributed by atoms with van der Waals surface area (Å²) in [5.41, 5.74) is 0. The van der Waals surface area contributed by atoms with Crippen LogP contribution >= 0.6 is 0 Å². The van der Waals surface area contributed by atoms with Crippen molar-refractivity contribution in [3.05, 3.63) is 40.5 Å². The Labute approximate surface area is 98.3 Å². The molecule has 0 spiro atoms. The van der Waals surface area contributed by atoms with Crippen molar-refractivity contribution >= 4 is 17.4 Å². The summed E-state index contributed by atoms with van der Waals surface area (Å²) in [5.74, 6) is 0. The van der Waals surface area contributed by atoms with Crippen molar-refractivity contribution in [2.24, 2.45) is 21.4 Å². The van der Waals surface area contributed by atoms with Gasteiger partial charge in [0.15, 0.2) is 0 Å². The molecule has 0 fully saturated rings. The van der Waals surface area contributed by atoms with Crippen LogP contribution in [0.15, 0.2) is 21.4 Å². The second kappa shape index (κ2) is 181. The van der Waals surface area contributed by atoms with Gasteiger partial charge in [-0.05, 0) is 0 Å². The van der Waals surface area contributed by atoms with Crippen LogP contribution < -0.4 is 18.9 Å². The number of hydrogen-bond acceptors (Lipinski definition) is 12. The molecule has 0 rings (SSSR count). The molecule has 14 heteroatoms. The van der Waals surface area contributed by atoms with Gasteiger partial charge in [-0.15, -0.1) is 21.4 Å². The molecule has 0 bridgehead atoms. The normalized spacial score (nSPS) is 3.43. The van der Waals surface area contributed by atoms with Crippen LogP contribution in [-0.2, 0) is 0 Å². The van der Waals surface area contributed by atoms with E-state index in [2.05, 4.69) is 0 Å². The minimum absolute atomic E-state index is 0. The maximum Gasteiger partial charge on any atom is 3.00 e. The van der Waals surface area contributed by atoms with Gasteiger partial charge in [0.1, 0.15) is 0 Å². The molecule has 72 valence electrons. The van der Waals surface area contributed by atoms with Crippen LogP contribution in [0.3, 0.4) is 0 Å². The molecular formula is AlLiN4O8.